The smallest absolute Gasteiger partial charge is 0.332 e. The zero-order valence-corrected chi connectivity index (χ0v) is 21.8. The first-order valence-corrected chi connectivity index (χ1v) is 13.5. The normalized spacial score (nSPS) is 18.7. The van der Waals surface area contributed by atoms with Gasteiger partial charge in [0.15, 0.2) is 11.2 Å². The third kappa shape index (κ3) is 4.32. The van der Waals surface area contributed by atoms with Gasteiger partial charge in [0.05, 0.1) is 12.5 Å². The molecule has 2 fully saturated rings. The Kier molecular flexibility index (Phi) is 6.86. The maximum absolute atomic E-state index is 14.8. The Labute approximate surface area is 216 Å². The molecule has 2 aromatic heterocycles. The van der Waals surface area contributed by atoms with Crippen LogP contribution in [0.4, 0.5) is 10.3 Å². The summed E-state index contributed by atoms with van der Waals surface area (Å²) in [5.41, 5.74) is -0.384. The van der Waals surface area contributed by atoms with Crippen molar-refractivity contribution in [1.82, 2.24) is 23.6 Å². The number of nitrogens with zero attached hydrogens (tertiary/aromatic N) is 6. The number of hydrogen-bond donors (Lipinski definition) is 0. The van der Waals surface area contributed by atoms with Crippen molar-refractivity contribution in [3.63, 3.8) is 0 Å². The maximum Gasteiger partial charge on any atom is 0.332 e. The van der Waals surface area contributed by atoms with E-state index in [9.17, 15) is 18.8 Å². The summed E-state index contributed by atoms with van der Waals surface area (Å²) in [7, 11) is 2.96. The average Bonchev–Trinajstić information content (AvgIpc) is 3.28. The second-order valence-electron chi connectivity index (χ2n) is 9.30. The molecule has 0 saturated carbocycles. The van der Waals surface area contributed by atoms with Crippen LogP contribution in [0.5, 0.6) is 0 Å². The van der Waals surface area contributed by atoms with E-state index in [1.165, 1.54) is 23.7 Å². The summed E-state index contributed by atoms with van der Waals surface area (Å²) >= 11 is 8.19. The van der Waals surface area contributed by atoms with Gasteiger partial charge in [0.25, 0.3) is 5.56 Å². The SMILES string of the molecule is Cn1c(=O)c2c(nc(N3CCCC(C(=O)N4CCSCC4)C3)n2Cc2c(F)cccc2Cl)n(C)c1=O. The minimum absolute atomic E-state index is 0.0384. The van der Waals surface area contributed by atoms with Crippen molar-refractivity contribution in [2.24, 2.45) is 20.0 Å². The van der Waals surface area contributed by atoms with Crippen molar-refractivity contribution in [3.05, 3.63) is 55.4 Å². The van der Waals surface area contributed by atoms with Crippen LogP contribution in [-0.4, -0.2) is 67.2 Å². The van der Waals surface area contributed by atoms with Gasteiger partial charge in [-0.1, -0.05) is 17.7 Å². The molecule has 1 amide bonds. The largest absolute Gasteiger partial charge is 0.341 e. The van der Waals surface area contributed by atoms with Crippen molar-refractivity contribution in [3.8, 4) is 0 Å². The van der Waals surface area contributed by atoms with Crippen LogP contribution >= 0.6 is 23.4 Å². The molecule has 3 aromatic rings. The van der Waals surface area contributed by atoms with Crippen LogP contribution in [0.3, 0.4) is 0 Å². The van der Waals surface area contributed by atoms with E-state index in [4.69, 9.17) is 16.6 Å². The Hall–Kier alpha value is -2.79. The Morgan fingerprint density at radius 2 is 1.92 bits per heavy atom. The molecule has 9 nitrogen and oxygen atoms in total. The van der Waals surface area contributed by atoms with Crippen LogP contribution in [0.2, 0.25) is 5.02 Å². The number of anilines is 1. The second kappa shape index (κ2) is 9.93. The fraction of sp³-hybridized carbons (Fsp3) is 0.500. The van der Waals surface area contributed by atoms with Gasteiger partial charge in [-0.25, -0.2) is 9.18 Å². The minimum Gasteiger partial charge on any atom is -0.341 e. The van der Waals surface area contributed by atoms with Gasteiger partial charge >= 0.3 is 5.69 Å². The fourth-order valence-corrected chi connectivity index (χ4v) is 6.20. The van der Waals surface area contributed by atoms with E-state index < -0.39 is 17.1 Å². The number of imidazole rings is 1. The van der Waals surface area contributed by atoms with Crippen LogP contribution in [0, 0.1) is 11.7 Å². The number of rotatable bonds is 4. The van der Waals surface area contributed by atoms with Crippen molar-refractivity contribution >= 4 is 46.4 Å². The highest BCUT2D eigenvalue weighted by Gasteiger charge is 2.33. The number of fused-ring (bicyclic) bond motifs is 1. The van der Waals surface area contributed by atoms with Gasteiger partial charge < -0.3 is 9.80 Å². The van der Waals surface area contributed by atoms with Crippen molar-refractivity contribution in [1.29, 1.82) is 0 Å². The third-order valence-electron chi connectivity index (χ3n) is 7.08. The summed E-state index contributed by atoms with van der Waals surface area (Å²) in [5.74, 6) is 1.76. The maximum atomic E-state index is 14.8. The lowest BCUT2D eigenvalue weighted by molar-refractivity contribution is -0.135. The molecule has 1 unspecified atom stereocenters. The molecule has 2 aliphatic rings. The summed E-state index contributed by atoms with van der Waals surface area (Å²) in [6.07, 6.45) is 1.55. The number of carbonyl (C=O) groups is 1. The van der Waals surface area contributed by atoms with Gasteiger partial charge in [-0.3, -0.25) is 23.3 Å². The molecule has 0 spiro atoms. The topological polar surface area (TPSA) is 85.4 Å². The monoisotopic (exact) mass is 534 g/mol. The van der Waals surface area contributed by atoms with E-state index in [-0.39, 0.29) is 40.1 Å². The quantitative estimate of drug-likeness (QED) is 0.509. The number of benzene rings is 1. The molecule has 2 saturated heterocycles. The third-order valence-corrected chi connectivity index (χ3v) is 8.38. The molecule has 12 heteroatoms. The Balaban J connectivity index is 1.60. The summed E-state index contributed by atoms with van der Waals surface area (Å²) in [4.78, 5) is 47.7. The number of aryl methyl sites for hydroxylation is 1. The van der Waals surface area contributed by atoms with Crippen LogP contribution in [0.1, 0.15) is 18.4 Å². The number of piperidine rings is 1. The van der Waals surface area contributed by atoms with Gasteiger partial charge in [-0.2, -0.15) is 16.7 Å². The molecular weight excluding hydrogens is 507 g/mol. The van der Waals surface area contributed by atoms with Crippen molar-refractivity contribution in [2.75, 3.05) is 42.6 Å². The summed E-state index contributed by atoms with van der Waals surface area (Å²) in [5, 5.41) is 0.235. The summed E-state index contributed by atoms with van der Waals surface area (Å²) in [6, 6.07) is 4.44. The molecule has 4 heterocycles. The van der Waals surface area contributed by atoms with E-state index in [0.717, 1.165) is 42.0 Å². The average molecular weight is 535 g/mol. The second-order valence-corrected chi connectivity index (χ2v) is 10.9. The van der Waals surface area contributed by atoms with Gasteiger partial charge in [0.2, 0.25) is 11.9 Å². The molecule has 1 atom stereocenters. The summed E-state index contributed by atoms with van der Waals surface area (Å²) < 4.78 is 18.8. The number of carbonyl (C=O) groups excluding carboxylic acids is 1. The molecule has 5 rings (SSSR count). The first-order valence-electron chi connectivity index (χ1n) is 12.0. The molecular formula is C24H28ClFN6O3S. The highest BCUT2D eigenvalue weighted by molar-refractivity contribution is 7.99. The zero-order chi connectivity index (χ0) is 25.6. The standard InChI is InChI=1S/C24H28ClFN6O3S/c1-28-20-19(22(34)29(2)24(28)35)32(14-16-17(25)6-3-7-18(16)26)23(27-20)31-8-4-5-15(13-31)21(33)30-9-11-36-12-10-30/h3,6-7,15H,4-5,8-14H2,1-2H3. The first-order chi connectivity index (χ1) is 17.3. The Morgan fingerprint density at radius 1 is 1.17 bits per heavy atom. The molecule has 2 aliphatic heterocycles. The van der Waals surface area contributed by atoms with E-state index in [1.807, 2.05) is 21.6 Å². The van der Waals surface area contributed by atoms with E-state index >= 15 is 0 Å². The number of thioether (sulfide) groups is 1. The highest BCUT2D eigenvalue weighted by Crippen LogP contribution is 2.29. The Bertz CT molecular complexity index is 1420. The lowest BCUT2D eigenvalue weighted by Gasteiger charge is -2.36. The van der Waals surface area contributed by atoms with Gasteiger partial charge in [0, 0.05) is 62.4 Å². The fourth-order valence-electron chi connectivity index (χ4n) is 5.07. The van der Waals surface area contributed by atoms with Gasteiger partial charge in [-0.15, -0.1) is 0 Å². The molecule has 36 heavy (non-hydrogen) atoms. The predicted octanol–water partition coefficient (Wildman–Crippen LogP) is 2.07. The number of aromatic nitrogens is 4. The predicted molar refractivity (Wildman–Crippen MR) is 140 cm³/mol. The number of halogens is 2. The van der Waals surface area contributed by atoms with E-state index in [1.54, 1.807) is 17.7 Å². The van der Waals surface area contributed by atoms with Crippen LogP contribution < -0.4 is 16.1 Å². The van der Waals surface area contributed by atoms with Crippen LogP contribution in [0.15, 0.2) is 27.8 Å². The Morgan fingerprint density at radius 3 is 2.64 bits per heavy atom. The molecule has 0 aliphatic carbocycles. The van der Waals surface area contributed by atoms with Crippen molar-refractivity contribution in [2.45, 2.75) is 19.4 Å². The lowest BCUT2D eigenvalue weighted by atomic mass is 9.96. The zero-order valence-electron chi connectivity index (χ0n) is 20.2. The number of amides is 1. The highest BCUT2D eigenvalue weighted by atomic mass is 35.5. The molecule has 0 radical (unpaired) electrons. The summed E-state index contributed by atoms with van der Waals surface area (Å²) in [6.45, 7) is 2.53. The molecule has 0 N–H and O–H groups in total. The van der Waals surface area contributed by atoms with Gasteiger partial charge in [-0.05, 0) is 25.0 Å². The van der Waals surface area contributed by atoms with E-state index in [2.05, 4.69) is 0 Å². The minimum atomic E-state index is -0.519. The first kappa shape index (κ1) is 24.9. The molecule has 192 valence electrons. The lowest BCUT2D eigenvalue weighted by Crippen LogP contribution is -2.47. The van der Waals surface area contributed by atoms with E-state index in [0.29, 0.717) is 19.0 Å². The van der Waals surface area contributed by atoms with Crippen molar-refractivity contribution < 1.29 is 9.18 Å². The molecule has 1 aromatic carbocycles. The number of hydrogen-bond acceptors (Lipinski definition) is 6. The van der Waals surface area contributed by atoms with Gasteiger partial charge in [0.1, 0.15) is 5.82 Å². The van der Waals surface area contributed by atoms with Crippen LogP contribution in [0.25, 0.3) is 11.2 Å². The van der Waals surface area contributed by atoms with Crippen LogP contribution in [-0.2, 0) is 25.4 Å². The molecule has 0 bridgehead atoms.